The molecule has 0 heterocycles. The molecule has 2 N–H and O–H groups in total. The van der Waals surface area contributed by atoms with Crippen LogP contribution in [-0.4, -0.2) is 32.6 Å². The van der Waals surface area contributed by atoms with Gasteiger partial charge in [-0.25, -0.2) is 0 Å². The minimum absolute atomic E-state index is 0.695. The van der Waals surface area contributed by atoms with Gasteiger partial charge in [-0.1, -0.05) is 6.07 Å². The molecule has 0 saturated heterocycles. The highest BCUT2D eigenvalue weighted by Crippen LogP contribution is 2.22. The Balaban J connectivity index is 2.69. The topological polar surface area (TPSA) is 38.5 Å². The van der Waals surface area contributed by atoms with E-state index in [9.17, 15) is 0 Å². The Morgan fingerprint density at radius 3 is 2.64 bits per heavy atom. The maximum Gasteiger partial charge on any atom is 0.142 e. The average molecular weight is 194 g/mol. The zero-order valence-corrected chi connectivity index (χ0v) is 9.08. The quantitative estimate of drug-likeness (QED) is 0.736. The Morgan fingerprint density at radius 1 is 1.36 bits per heavy atom. The minimum Gasteiger partial charge on any atom is -0.495 e. The molecular formula is C11H18N2O. The largest absolute Gasteiger partial charge is 0.495 e. The SMILES string of the molecule is COc1cc(CCN(C)C)ccc1N. The predicted molar refractivity (Wildman–Crippen MR) is 59.7 cm³/mol. The van der Waals surface area contributed by atoms with Crippen LogP contribution >= 0.6 is 0 Å². The first kappa shape index (κ1) is 10.9. The number of hydrogen-bond acceptors (Lipinski definition) is 3. The van der Waals surface area contributed by atoms with E-state index in [-0.39, 0.29) is 0 Å². The van der Waals surface area contributed by atoms with E-state index in [4.69, 9.17) is 10.5 Å². The summed E-state index contributed by atoms with van der Waals surface area (Å²) in [6, 6.07) is 5.93. The first-order valence-electron chi connectivity index (χ1n) is 4.70. The van der Waals surface area contributed by atoms with Gasteiger partial charge in [-0.3, -0.25) is 0 Å². The Hall–Kier alpha value is -1.22. The molecule has 0 unspecified atom stereocenters. The third kappa shape index (κ3) is 2.92. The fourth-order valence-corrected chi connectivity index (χ4v) is 1.26. The first-order valence-corrected chi connectivity index (χ1v) is 4.70. The van der Waals surface area contributed by atoms with Crippen LogP contribution in [0.4, 0.5) is 5.69 Å². The van der Waals surface area contributed by atoms with Gasteiger partial charge in [0, 0.05) is 6.54 Å². The van der Waals surface area contributed by atoms with Gasteiger partial charge in [-0.15, -0.1) is 0 Å². The fraction of sp³-hybridized carbons (Fsp3) is 0.455. The van der Waals surface area contributed by atoms with Crippen molar-refractivity contribution in [2.24, 2.45) is 0 Å². The van der Waals surface area contributed by atoms with E-state index in [1.807, 2.05) is 18.2 Å². The van der Waals surface area contributed by atoms with Gasteiger partial charge >= 0.3 is 0 Å². The second-order valence-corrected chi connectivity index (χ2v) is 3.63. The third-order valence-electron chi connectivity index (χ3n) is 2.15. The zero-order valence-electron chi connectivity index (χ0n) is 9.08. The number of nitrogen functional groups attached to an aromatic ring is 1. The van der Waals surface area contributed by atoms with Crippen molar-refractivity contribution in [3.8, 4) is 5.75 Å². The van der Waals surface area contributed by atoms with Gasteiger partial charge in [0.2, 0.25) is 0 Å². The molecule has 3 nitrogen and oxygen atoms in total. The highest BCUT2D eigenvalue weighted by atomic mass is 16.5. The second kappa shape index (κ2) is 4.86. The van der Waals surface area contributed by atoms with Crippen LogP contribution in [0, 0.1) is 0 Å². The Kier molecular flexibility index (Phi) is 3.77. The predicted octanol–water partition coefficient (Wildman–Crippen LogP) is 1.38. The van der Waals surface area contributed by atoms with E-state index in [1.54, 1.807) is 7.11 Å². The molecule has 0 saturated carbocycles. The van der Waals surface area contributed by atoms with E-state index in [0.29, 0.717) is 5.69 Å². The molecule has 78 valence electrons. The molecule has 0 aliphatic rings. The lowest BCUT2D eigenvalue weighted by Gasteiger charge is -2.11. The number of hydrogen-bond donors (Lipinski definition) is 1. The van der Waals surface area contributed by atoms with Gasteiger partial charge in [-0.2, -0.15) is 0 Å². The van der Waals surface area contributed by atoms with Crippen LogP contribution < -0.4 is 10.5 Å². The van der Waals surface area contributed by atoms with Crippen LogP contribution in [0.5, 0.6) is 5.75 Å². The molecule has 0 aliphatic heterocycles. The number of ether oxygens (including phenoxy) is 1. The molecule has 3 heteroatoms. The van der Waals surface area contributed by atoms with E-state index >= 15 is 0 Å². The van der Waals surface area contributed by atoms with Crippen LogP contribution in [0.15, 0.2) is 18.2 Å². The van der Waals surface area contributed by atoms with Crippen molar-refractivity contribution < 1.29 is 4.74 Å². The molecule has 1 aromatic carbocycles. The summed E-state index contributed by atoms with van der Waals surface area (Å²) in [5.41, 5.74) is 7.67. The van der Waals surface area contributed by atoms with Crippen LogP contribution in [0.25, 0.3) is 0 Å². The van der Waals surface area contributed by atoms with Gasteiger partial charge in [0.15, 0.2) is 0 Å². The van der Waals surface area contributed by atoms with E-state index in [2.05, 4.69) is 19.0 Å². The summed E-state index contributed by atoms with van der Waals surface area (Å²) in [6.07, 6.45) is 1.02. The smallest absolute Gasteiger partial charge is 0.142 e. The first-order chi connectivity index (χ1) is 6.63. The van der Waals surface area contributed by atoms with E-state index in [1.165, 1.54) is 5.56 Å². The molecule has 14 heavy (non-hydrogen) atoms. The van der Waals surface area contributed by atoms with Crippen molar-refractivity contribution >= 4 is 5.69 Å². The summed E-state index contributed by atoms with van der Waals surface area (Å²) in [7, 11) is 5.77. The van der Waals surface area contributed by atoms with Gasteiger partial charge < -0.3 is 15.4 Å². The summed E-state index contributed by atoms with van der Waals surface area (Å²) in [4.78, 5) is 2.16. The van der Waals surface area contributed by atoms with Crippen LogP contribution in [0.2, 0.25) is 0 Å². The van der Waals surface area contributed by atoms with Crippen molar-refractivity contribution in [3.63, 3.8) is 0 Å². The number of rotatable bonds is 4. The lowest BCUT2D eigenvalue weighted by molar-refractivity contribution is 0.408. The number of nitrogens with two attached hydrogens (primary N) is 1. The molecule has 0 spiro atoms. The van der Waals surface area contributed by atoms with Crippen LogP contribution in [0.3, 0.4) is 0 Å². The van der Waals surface area contributed by atoms with Crippen molar-refractivity contribution in [3.05, 3.63) is 23.8 Å². The summed E-state index contributed by atoms with van der Waals surface area (Å²) >= 11 is 0. The summed E-state index contributed by atoms with van der Waals surface area (Å²) < 4.78 is 5.15. The molecule has 1 rings (SSSR count). The van der Waals surface area contributed by atoms with Gasteiger partial charge in [0.25, 0.3) is 0 Å². The van der Waals surface area contributed by atoms with E-state index < -0.39 is 0 Å². The number of methoxy groups -OCH3 is 1. The summed E-state index contributed by atoms with van der Waals surface area (Å²) in [6.45, 7) is 1.03. The molecule has 0 fully saturated rings. The molecule has 0 aromatic heterocycles. The van der Waals surface area contributed by atoms with Gasteiger partial charge in [-0.05, 0) is 38.2 Å². The summed E-state index contributed by atoms with van der Waals surface area (Å²) in [5.74, 6) is 0.765. The number of likely N-dealkylation sites (N-methyl/N-ethyl adjacent to an activating group) is 1. The zero-order chi connectivity index (χ0) is 10.6. The fourth-order valence-electron chi connectivity index (χ4n) is 1.26. The lowest BCUT2D eigenvalue weighted by Crippen LogP contribution is -2.15. The average Bonchev–Trinajstić information content (AvgIpc) is 2.16. The lowest BCUT2D eigenvalue weighted by atomic mass is 10.1. The Labute approximate surface area is 85.5 Å². The molecule has 0 bridgehead atoms. The molecule has 0 radical (unpaired) electrons. The Morgan fingerprint density at radius 2 is 2.07 bits per heavy atom. The molecule has 0 aliphatic carbocycles. The summed E-state index contributed by atoms with van der Waals surface area (Å²) in [5, 5.41) is 0. The Bertz CT molecular complexity index is 297. The maximum absolute atomic E-state index is 5.72. The second-order valence-electron chi connectivity index (χ2n) is 3.63. The standard InChI is InChI=1S/C11H18N2O/c1-13(2)7-6-9-4-5-10(12)11(8-9)14-3/h4-5,8H,6-7,12H2,1-3H3. The van der Waals surface area contributed by atoms with Crippen LogP contribution in [-0.2, 0) is 6.42 Å². The molecule has 0 atom stereocenters. The van der Waals surface area contributed by atoms with Crippen molar-refractivity contribution in [1.29, 1.82) is 0 Å². The van der Waals surface area contributed by atoms with Crippen LogP contribution in [0.1, 0.15) is 5.56 Å². The minimum atomic E-state index is 0.695. The molecule has 1 aromatic rings. The third-order valence-corrected chi connectivity index (χ3v) is 2.15. The van der Waals surface area contributed by atoms with E-state index in [0.717, 1.165) is 18.7 Å². The maximum atomic E-state index is 5.72. The number of nitrogens with zero attached hydrogens (tertiary/aromatic N) is 1. The number of benzene rings is 1. The van der Waals surface area contributed by atoms with Crippen molar-refractivity contribution in [1.82, 2.24) is 4.90 Å². The highest BCUT2D eigenvalue weighted by Gasteiger charge is 2.01. The highest BCUT2D eigenvalue weighted by molar-refractivity contribution is 5.53. The van der Waals surface area contributed by atoms with Gasteiger partial charge in [0.1, 0.15) is 5.75 Å². The van der Waals surface area contributed by atoms with Crippen molar-refractivity contribution in [2.45, 2.75) is 6.42 Å². The molecule has 0 amide bonds. The monoisotopic (exact) mass is 194 g/mol. The van der Waals surface area contributed by atoms with Crippen molar-refractivity contribution in [2.75, 3.05) is 33.5 Å². The normalized spacial score (nSPS) is 10.6. The number of anilines is 1. The molecular weight excluding hydrogens is 176 g/mol. The van der Waals surface area contributed by atoms with Gasteiger partial charge in [0.05, 0.1) is 12.8 Å².